The zero-order chi connectivity index (χ0) is 17.9. The molecule has 0 unspecified atom stereocenters. The molecular formula is C20H30O4. The van der Waals surface area contributed by atoms with Crippen LogP contribution in [-0.4, -0.2) is 38.4 Å². The number of ketones is 1. The largest absolute Gasteiger partial charge is 0.387 e. The van der Waals surface area contributed by atoms with Gasteiger partial charge in [0.1, 0.15) is 11.7 Å². The molecule has 0 bridgehead atoms. The summed E-state index contributed by atoms with van der Waals surface area (Å²) in [5.74, 6) is -0.252. The third-order valence-electron chi connectivity index (χ3n) is 6.61. The molecule has 3 rings (SSSR count). The van der Waals surface area contributed by atoms with E-state index in [1.807, 2.05) is 13.8 Å². The Morgan fingerprint density at radius 1 is 1.17 bits per heavy atom. The van der Waals surface area contributed by atoms with Crippen LogP contribution in [0.1, 0.15) is 59.8 Å². The second-order valence-electron chi connectivity index (χ2n) is 8.97. The van der Waals surface area contributed by atoms with E-state index in [-0.39, 0.29) is 28.6 Å². The summed E-state index contributed by atoms with van der Waals surface area (Å²) < 4.78 is 0. The van der Waals surface area contributed by atoms with Gasteiger partial charge >= 0.3 is 0 Å². The van der Waals surface area contributed by atoms with Crippen LogP contribution in [0.15, 0.2) is 23.3 Å². The Balaban J connectivity index is 2.09. The normalized spacial score (nSPS) is 41.9. The molecular weight excluding hydrogens is 304 g/mol. The van der Waals surface area contributed by atoms with Crippen molar-refractivity contribution in [3.8, 4) is 0 Å². The highest BCUT2D eigenvalue weighted by atomic mass is 16.3. The molecule has 0 aliphatic heterocycles. The van der Waals surface area contributed by atoms with E-state index >= 15 is 0 Å². The number of rotatable bonds is 1. The average Bonchev–Trinajstić information content (AvgIpc) is 2.54. The summed E-state index contributed by atoms with van der Waals surface area (Å²) in [5.41, 5.74) is -1.85. The molecule has 0 aromatic rings. The van der Waals surface area contributed by atoms with Gasteiger partial charge in [0.2, 0.25) is 0 Å². The van der Waals surface area contributed by atoms with Gasteiger partial charge in [-0.1, -0.05) is 27.7 Å². The highest BCUT2D eigenvalue weighted by Crippen LogP contribution is 2.55. The van der Waals surface area contributed by atoms with Crippen molar-refractivity contribution in [3.05, 3.63) is 23.3 Å². The maximum absolute atomic E-state index is 12.4. The number of allylic oxidation sites excluding steroid dienone is 2. The molecule has 134 valence electrons. The molecule has 3 aliphatic carbocycles. The quantitative estimate of drug-likeness (QED) is 0.688. The van der Waals surface area contributed by atoms with Crippen LogP contribution in [0.5, 0.6) is 0 Å². The minimum atomic E-state index is -1.34. The van der Waals surface area contributed by atoms with Crippen molar-refractivity contribution in [1.29, 1.82) is 0 Å². The van der Waals surface area contributed by atoms with Gasteiger partial charge in [0.15, 0.2) is 5.78 Å². The molecule has 24 heavy (non-hydrogen) atoms. The summed E-state index contributed by atoms with van der Waals surface area (Å²) in [6, 6.07) is 0. The third-order valence-corrected chi connectivity index (χ3v) is 6.61. The van der Waals surface area contributed by atoms with E-state index in [9.17, 15) is 20.1 Å². The molecule has 2 fully saturated rings. The Morgan fingerprint density at radius 2 is 1.83 bits per heavy atom. The smallest absolute Gasteiger partial charge is 0.182 e. The SMILES string of the molecule is CC(C)C1=C[C@@]2(O)CC[C@H]3C(C)(C)CCC[C@@]3(O)[C@H](O)C2=CC1=O. The molecule has 4 heteroatoms. The lowest BCUT2D eigenvalue weighted by Crippen LogP contribution is -2.56. The van der Waals surface area contributed by atoms with Crippen LogP contribution >= 0.6 is 0 Å². The van der Waals surface area contributed by atoms with Crippen molar-refractivity contribution in [1.82, 2.24) is 0 Å². The second-order valence-corrected chi connectivity index (χ2v) is 8.97. The Kier molecular flexibility index (Phi) is 4.10. The average molecular weight is 334 g/mol. The summed E-state index contributed by atoms with van der Waals surface area (Å²) in [5, 5.41) is 33.6. The number of carbonyl (C=O) groups excluding carboxylic acids is 1. The molecule has 0 aromatic carbocycles. The summed E-state index contributed by atoms with van der Waals surface area (Å²) in [4.78, 5) is 12.4. The maximum Gasteiger partial charge on any atom is 0.182 e. The second kappa shape index (κ2) is 5.52. The minimum absolute atomic E-state index is 0.0153. The van der Waals surface area contributed by atoms with Crippen LogP contribution in [0.4, 0.5) is 0 Å². The van der Waals surface area contributed by atoms with Gasteiger partial charge < -0.3 is 15.3 Å². The number of aliphatic hydroxyl groups excluding tert-OH is 1. The first-order chi connectivity index (χ1) is 11.0. The van der Waals surface area contributed by atoms with E-state index in [1.54, 1.807) is 6.08 Å². The van der Waals surface area contributed by atoms with Gasteiger partial charge in [0, 0.05) is 11.1 Å². The standard InChI is InChI=1S/C20H30O4/c1-12(2)13-11-19(23)9-6-16-18(3,4)7-5-8-20(16,24)17(22)14(19)10-15(13)21/h10-12,16-17,22-24H,5-9H2,1-4H3/t16-,17+,19-,20-/m0/s1. The number of carbonyl (C=O) groups is 1. The van der Waals surface area contributed by atoms with Gasteiger partial charge in [-0.3, -0.25) is 4.79 Å². The summed E-state index contributed by atoms with van der Waals surface area (Å²) in [6.07, 6.45) is 5.20. The van der Waals surface area contributed by atoms with Crippen LogP contribution < -0.4 is 0 Å². The van der Waals surface area contributed by atoms with Gasteiger partial charge in [0.05, 0.1) is 5.60 Å². The first kappa shape index (κ1) is 17.8. The lowest BCUT2D eigenvalue weighted by molar-refractivity contribution is -0.155. The van der Waals surface area contributed by atoms with Gasteiger partial charge in [-0.15, -0.1) is 0 Å². The molecule has 0 heterocycles. The van der Waals surface area contributed by atoms with Crippen LogP contribution in [0.25, 0.3) is 0 Å². The van der Waals surface area contributed by atoms with Gasteiger partial charge in [-0.25, -0.2) is 0 Å². The number of hydrogen-bond acceptors (Lipinski definition) is 4. The van der Waals surface area contributed by atoms with Crippen molar-refractivity contribution >= 4 is 5.78 Å². The fourth-order valence-electron chi connectivity index (χ4n) is 5.20. The molecule has 0 aromatic heterocycles. The first-order valence-electron chi connectivity index (χ1n) is 9.13. The number of fused-ring (bicyclic) bond motifs is 2. The molecule has 2 saturated carbocycles. The predicted octanol–water partition coefficient (Wildman–Crippen LogP) is 2.52. The van der Waals surface area contributed by atoms with Crippen LogP contribution in [0.3, 0.4) is 0 Å². The number of aliphatic hydroxyl groups is 3. The topological polar surface area (TPSA) is 77.8 Å². The first-order valence-corrected chi connectivity index (χ1v) is 9.13. The molecule has 3 N–H and O–H groups in total. The summed E-state index contributed by atoms with van der Waals surface area (Å²) >= 11 is 0. The molecule has 3 aliphatic rings. The monoisotopic (exact) mass is 334 g/mol. The lowest BCUT2D eigenvalue weighted by atomic mass is 9.58. The van der Waals surface area contributed by atoms with Gasteiger partial charge in [-0.2, -0.15) is 0 Å². The Morgan fingerprint density at radius 3 is 2.46 bits per heavy atom. The van der Waals surface area contributed by atoms with Crippen molar-refractivity contribution < 1.29 is 20.1 Å². The van der Waals surface area contributed by atoms with Gasteiger partial charge in [0.25, 0.3) is 0 Å². The van der Waals surface area contributed by atoms with Crippen molar-refractivity contribution in [2.75, 3.05) is 0 Å². The third kappa shape index (κ3) is 2.51. The molecule has 0 spiro atoms. The Labute approximate surface area is 144 Å². The van der Waals surface area contributed by atoms with E-state index in [4.69, 9.17) is 0 Å². The van der Waals surface area contributed by atoms with Crippen LogP contribution in [0, 0.1) is 17.3 Å². The fraction of sp³-hybridized carbons (Fsp3) is 0.750. The molecule has 4 atom stereocenters. The summed E-state index contributed by atoms with van der Waals surface area (Å²) in [7, 11) is 0. The Bertz CT molecular complexity index is 615. The predicted molar refractivity (Wildman–Crippen MR) is 92.3 cm³/mol. The van der Waals surface area contributed by atoms with E-state index < -0.39 is 17.3 Å². The Hall–Kier alpha value is -0.970. The van der Waals surface area contributed by atoms with E-state index in [1.165, 1.54) is 6.08 Å². The maximum atomic E-state index is 12.4. The minimum Gasteiger partial charge on any atom is -0.387 e. The fourth-order valence-corrected chi connectivity index (χ4v) is 5.20. The number of hydrogen-bond donors (Lipinski definition) is 3. The zero-order valence-corrected chi connectivity index (χ0v) is 15.2. The highest BCUT2D eigenvalue weighted by molar-refractivity contribution is 6.06. The van der Waals surface area contributed by atoms with Gasteiger partial charge in [-0.05, 0) is 61.5 Å². The molecule has 0 saturated heterocycles. The zero-order valence-electron chi connectivity index (χ0n) is 15.2. The highest BCUT2D eigenvalue weighted by Gasteiger charge is 2.58. The van der Waals surface area contributed by atoms with E-state index in [0.717, 1.165) is 12.8 Å². The van der Waals surface area contributed by atoms with Crippen LogP contribution in [-0.2, 0) is 4.79 Å². The van der Waals surface area contributed by atoms with Crippen molar-refractivity contribution in [2.24, 2.45) is 17.3 Å². The van der Waals surface area contributed by atoms with E-state index in [2.05, 4.69) is 13.8 Å². The van der Waals surface area contributed by atoms with E-state index in [0.29, 0.717) is 24.8 Å². The van der Waals surface area contributed by atoms with Crippen molar-refractivity contribution in [3.63, 3.8) is 0 Å². The van der Waals surface area contributed by atoms with Crippen LogP contribution in [0.2, 0.25) is 0 Å². The summed E-state index contributed by atoms with van der Waals surface area (Å²) in [6.45, 7) is 8.11. The molecule has 0 amide bonds. The molecule has 0 radical (unpaired) electrons. The molecule has 4 nitrogen and oxygen atoms in total. The van der Waals surface area contributed by atoms with Crippen molar-refractivity contribution in [2.45, 2.75) is 77.1 Å². The lowest BCUT2D eigenvalue weighted by Gasteiger charge is -2.51.